The molecule has 1 aromatic carbocycles. The van der Waals surface area contributed by atoms with Crippen molar-refractivity contribution < 1.29 is 19.0 Å². The molecule has 0 aliphatic carbocycles. The molecule has 0 unspecified atom stereocenters. The molecule has 0 saturated carbocycles. The third-order valence-corrected chi connectivity index (χ3v) is 4.27. The molecule has 0 fully saturated rings. The van der Waals surface area contributed by atoms with Gasteiger partial charge in [-0.3, -0.25) is 5.43 Å². The number of rotatable bonds is 8. The Morgan fingerprint density at radius 1 is 1.36 bits per heavy atom. The van der Waals surface area contributed by atoms with Crippen LogP contribution in [0.5, 0.6) is 11.5 Å². The lowest BCUT2D eigenvalue weighted by Gasteiger charge is -2.11. The van der Waals surface area contributed by atoms with Crippen LogP contribution in [0.15, 0.2) is 23.3 Å². The van der Waals surface area contributed by atoms with E-state index in [0.29, 0.717) is 40.2 Å². The molecule has 8 heteroatoms. The highest BCUT2D eigenvalue weighted by molar-refractivity contribution is 7.17. The number of benzene rings is 1. The monoisotopic (exact) mass is 363 g/mol. The molecule has 0 spiro atoms. The van der Waals surface area contributed by atoms with Crippen LogP contribution in [0.4, 0.5) is 5.13 Å². The van der Waals surface area contributed by atoms with Crippen LogP contribution in [0.25, 0.3) is 0 Å². The van der Waals surface area contributed by atoms with Gasteiger partial charge in [-0.1, -0.05) is 24.3 Å². The van der Waals surface area contributed by atoms with Crippen molar-refractivity contribution in [2.45, 2.75) is 20.3 Å². The van der Waals surface area contributed by atoms with Gasteiger partial charge in [-0.2, -0.15) is 5.10 Å². The Morgan fingerprint density at radius 3 is 2.80 bits per heavy atom. The van der Waals surface area contributed by atoms with E-state index in [-0.39, 0.29) is 0 Å². The Bertz CT molecular complexity index is 758. The number of carbonyl (C=O) groups is 1. The zero-order valence-electron chi connectivity index (χ0n) is 14.7. The molecular weight excluding hydrogens is 342 g/mol. The summed E-state index contributed by atoms with van der Waals surface area (Å²) in [5, 5.41) is 4.71. The molecule has 7 nitrogen and oxygen atoms in total. The fraction of sp³-hybridized carbons (Fsp3) is 0.353. The average Bonchev–Trinajstić information content (AvgIpc) is 3.05. The Balaban J connectivity index is 2.19. The maximum absolute atomic E-state index is 11.7. The van der Waals surface area contributed by atoms with E-state index in [4.69, 9.17) is 14.2 Å². The molecule has 0 bridgehead atoms. The first kappa shape index (κ1) is 18.7. The van der Waals surface area contributed by atoms with E-state index in [1.165, 1.54) is 18.4 Å². The number of aromatic nitrogens is 1. The predicted molar refractivity (Wildman–Crippen MR) is 98.2 cm³/mol. The van der Waals surface area contributed by atoms with Crippen molar-refractivity contribution in [2.75, 3.05) is 26.3 Å². The number of carbonyl (C=O) groups excluding carboxylic acids is 1. The fourth-order valence-corrected chi connectivity index (χ4v) is 3.06. The number of aryl methyl sites for hydroxylation is 1. The van der Waals surface area contributed by atoms with Crippen molar-refractivity contribution in [1.82, 2.24) is 4.98 Å². The first-order valence-electron chi connectivity index (χ1n) is 7.81. The summed E-state index contributed by atoms with van der Waals surface area (Å²) >= 11 is 1.21. The van der Waals surface area contributed by atoms with Crippen LogP contribution < -0.4 is 14.9 Å². The van der Waals surface area contributed by atoms with Crippen molar-refractivity contribution in [1.29, 1.82) is 0 Å². The minimum Gasteiger partial charge on any atom is -0.493 e. The molecule has 0 amide bonds. The lowest BCUT2D eigenvalue weighted by atomic mass is 10.2. The SMILES string of the molecule is CCOc1c(/C=N\Nc2nc(CC)c(C(=O)OC)s2)cccc1OC. The number of nitrogens with zero attached hydrogens (tertiary/aromatic N) is 2. The van der Waals surface area contributed by atoms with Gasteiger partial charge < -0.3 is 14.2 Å². The number of ether oxygens (including phenoxy) is 3. The third-order valence-electron chi connectivity index (χ3n) is 3.28. The fourth-order valence-electron chi connectivity index (χ4n) is 2.14. The number of para-hydroxylation sites is 1. The summed E-state index contributed by atoms with van der Waals surface area (Å²) in [6, 6.07) is 5.56. The van der Waals surface area contributed by atoms with E-state index in [9.17, 15) is 4.79 Å². The second kappa shape index (κ2) is 9.03. The smallest absolute Gasteiger partial charge is 0.350 e. The average molecular weight is 363 g/mol. The van der Waals surface area contributed by atoms with Gasteiger partial charge in [0.1, 0.15) is 4.88 Å². The van der Waals surface area contributed by atoms with Crippen LogP contribution in [0.1, 0.15) is 34.8 Å². The second-order valence-electron chi connectivity index (χ2n) is 4.82. The molecule has 0 saturated heterocycles. The Hall–Kier alpha value is -2.61. The molecule has 25 heavy (non-hydrogen) atoms. The number of thiazole rings is 1. The zero-order valence-corrected chi connectivity index (χ0v) is 15.5. The summed E-state index contributed by atoms with van der Waals surface area (Å²) < 4.78 is 15.7. The first-order chi connectivity index (χ1) is 12.1. The van der Waals surface area contributed by atoms with Gasteiger partial charge >= 0.3 is 5.97 Å². The lowest BCUT2D eigenvalue weighted by molar-refractivity contribution is 0.0605. The summed E-state index contributed by atoms with van der Waals surface area (Å²) in [5.41, 5.74) is 4.31. The van der Waals surface area contributed by atoms with E-state index in [2.05, 4.69) is 15.5 Å². The van der Waals surface area contributed by atoms with Crippen LogP contribution in [0, 0.1) is 0 Å². The zero-order chi connectivity index (χ0) is 18.2. The number of hydrogen-bond donors (Lipinski definition) is 1. The van der Waals surface area contributed by atoms with Gasteiger partial charge in [-0.05, 0) is 25.5 Å². The number of esters is 1. The van der Waals surface area contributed by atoms with E-state index < -0.39 is 5.97 Å². The molecule has 134 valence electrons. The molecule has 2 aromatic rings. The van der Waals surface area contributed by atoms with Crippen molar-refractivity contribution in [3.63, 3.8) is 0 Å². The maximum atomic E-state index is 11.7. The summed E-state index contributed by atoms with van der Waals surface area (Å²) in [5.74, 6) is 0.876. The van der Waals surface area contributed by atoms with E-state index in [1.807, 2.05) is 32.0 Å². The van der Waals surface area contributed by atoms with Gasteiger partial charge in [0.2, 0.25) is 5.13 Å². The molecular formula is C17H21N3O4S. The Morgan fingerprint density at radius 2 is 2.16 bits per heavy atom. The van der Waals surface area contributed by atoms with Crippen LogP contribution in [0.2, 0.25) is 0 Å². The van der Waals surface area contributed by atoms with Crippen LogP contribution in [-0.2, 0) is 11.2 Å². The molecule has 0 aliphatic heterocycles. The van der Waals surface area contributed by atoms with Gasteiger partial charge in [0.25, 0.3) is 0 Å². The van der Waals surface area contributed by atoms with Gasteiger partial charge in [0.05, 0.1) is 32.7 Å². The predicted octanol–water partition coefficient (Wildman–Crippen LogP) is 3.35. The van der Waals surface area contributed by atoms with Gasteiger partial charge in [-0.25, -0.2) is 9.78 Å². The minimum absolute atomic E-state index is 0.391. The number of methoxy groups -OCH3 is 2. The van der Waals surface area contributed by atoms with E-state index in [1.54, 1.807) is 13.3 Å². The molecule has 1 N–H and O–H groups in total. The molecule has 0 atom stereocenters. The summed E-state index contributed by atoms with van der Waals surface area (Å²) in [4.78, 5) is 16.6. The van der Waals surface area contributed by atoms with Crippen molar-refractivity contribution in [3.8, 4) is 11.5 Å². The summed E-state index contributed by atoms with van der Waals surface area (Å²) in [6.45, 7) is 4.35. The molecule has 0 radical (unpaired) electrons. The molecule has 1 heterocycles. The van der Waals surface area contributed by atoms with Crippen molar-refractivity contribution in [3.05, 3.63) is 34.3 Å². The first-order valence-corrected chi connectivity index (χ1v) is 8.63. The quantitative estimate of drug-likeness (QED) is 0.440. The minimum atomic E-state index is -0.391. The van der Waals surface area contributed by atoms with Gasteiger partial charge in [0, 0.05) is 5.56 Å². The van der Waals surface area contributed by atoms with Crippen molar-refractivity contribution in [2.24, 2.45) is 5.10 Å². The van der Waals surface area contributed by atoms with Crippen LogP contribution >= 0.6 is 11.3 Å². The van der Waals surface area contributed by atoms with Crippen LogP contribution in [0.3, 0.4) is 0 Å². The Kier molecular flexibility index (Phi) is 6.76. The maximum Gasteiger partial charge on any atom is 0.350 e. The van der Waals surface area contributed by atoms with E-state index in [0.717, 1.165) is 5.56 Å². The number of nitrogens with one attached hydrogen (secondary N) is 1. The summed E-state index contributed by atoms with van der Waals surface area (Å²) in [6.07, 6.45) is 2.26. The lowest BCUT2D eigenvalue weighted by Crippen LogP contribution is -2.01. The normalized spacial score (nSPS) is 10.7. The second-order valence-corrected chi connectivity index (χ2v) is 5.82. The molecule has 2 rings (SSSR count). The number of hydrazone groups is 1. The third kappa shape index (κ3) is 4.48. The van der Waals surface area contributed by atoms with Crippen molar-refractivity contribution >= 4 is 28.7 Å². The van der Waals surface area contributed by atoms with Gasteiger partial charge in [0.15, 0.2) is 11.5 Å². The van der Waals surface area contributed by atoms with Gasteiger partial charge in [-0.15, -0.1) is 0 Å². The Labute approximate surface area is 150 Å². The van der Waals surface area contributed by atoms with Crippen LogP contribution in [-0.4, -0.2) is 38.0 Å². The number of anilines is 1. The standard InChI is InChI=1S/C17H21N3O4S/c1-5-12-15(16(21)23-4)25-17(19-12)20-18-10-11-8-7-9-13(22-3)14(11)24-6-2/h7-10H,5-6H2,1-4H3,(H,19,20)/b18-10-. The highest BCUT2D eigenvalue weighted by Gasteiger charge is 2.17. The largest absolute Gasteiger partial charge is 0.493 e. The topological polar surface area (TPSA) is 82.0 Å². The number of hydrogen-bond acceptors (Lipinski definition) is 8. The molecule has 1 aromatic heterocycles. The van der Waals surface area contributed by atoms with E-state index >= 15 is 0 Å². The summed E-state index contributed by atoms with van der Waals surface area (Å²) in [7, 11) is 2.94. The molecule has 0 aliphatic rings. The highest BCUT2D eigenvalue weighted by atomic mass is 32.1. The highest BCUT2D eigenvalue weighted by Crippen LogP contribution is 2.30.